The first-order valence-corrected chi connectivity index (χ1v) is 9.11. The second-order valence-corrected chi connectivity index (χ2v) is 7.26. The fourth-order valence-electron chi connectivity index (χ4n) is 3.45. The number of benzene rings is 1. The van der Waals surface area contributed by atoms with Crippen molar-refractivity contribution in [2.45, 2.75) is 38.6 Å². The molecule has 0 saturated carbocycles. The molecule has 1 aliphatic rings. The van der Waals surface area contributed by atoms with Crippen molar-refractivity contribution in [1.29, 1.82) is 0 Å². The van der Waals surface area contributed by atoms with Crippen LogP contribution in [0.1, 0.15) is 34.7 Å². The van der Waals surface area contributed by atoms with Gasteiger partial charge in [0, 0.05) is 11.3 Å². The van der Waals surface area contributed by atoms with E-state index in [1.807, 2.05) is 18.2 Å². The zero-order valence-corrected chi connectivity index (χ0v) is 14.2. The van der Waals surface area contributed by atoms with Crippen LogP contribution in [0.4, 0.5) is 0 Å². The summed E-state index contributed by atoms with van der Waals surface area (Å²) in [6.07, 6.45) is 10.5. The van der Waals surface area contributed by atoms with Gasteiger partial charge in [-0.1, -0.05) is 36.3 Å². The minimum absolute atomic E-state index is 0.0308. The molecule has 0 fully saturated rings. The Morgan fingerprint density at radius 3 is 2.79 bits per heavy atom. The highest BCUT2D eigenvalue weighted by Gasteiger charge is 2.21. The Morgan fingerprint density at radius 2 is 2.00 bits per heavy atom. The standard InChI is InChI=1S/C20H18N2OS/c1-2-12-22-17(13-14-8-4-3-5-9-14)21-19-18(20(22)23)15-10-6-7-11-16(15)24-19/h1,3-5,8-9H,6-7,10-13H2. The number of aromatic nitrogens is 2. The Kier molecular flexibility index (Phi) is 3.95. The third-order valence-corrected chi connectivity index (χ3v) is 5.79. The van der Waals surface area contributed by atoms with E-state index in [1.165, 1.54) is 16.9 Å². The second kappa shape index (κ2) is 6.26. The van der Waals surface area contributed by atoms with Gasteiger partial charge in [0.25, 0.3) is 5.56 Å². The minimum atomic E-state index is 0.0308. The number of fused-ring (bicyclic) bond motifs is 3. The molecule has 3 aromatic rings. The van der Waals surface area contributed by atoms with Gasteiger partial charge in [-0.3, -0.25) is 9.36 Å². The van der Waals surface area contributed by atoms with E-state index < -0.39 is 0 Å². The summed E-state index contributed by atoms with van der Waals surface area (Å²) in [4.78, 5) is 20.2. The summed E-state index contributed by atoms with van der Waals surface area (Å²) in [7, 11) is 0. The summed E-state index contributed by atoms with van der Waals surface area (Å²) < 4.78 is 1.68. The van der Waals surface area contributed by atoms with Crippen molar-refractivity contribution in [3.8, 4) is 12.3 Å². The largest absolute Gasteiger partial charge is 0.284 e. The van der Waals surface area contributed by atoms with E-state index in [9.17, 15) is 4.79 Å². The van der Waals surface area contributed by atoms with Gasteiger partial charge < -0.3 is 0 Å². The Labute approximate surface area is 145 Å². The van der Waals surface area contributed by atoms with Crippen LogP contribution in [0.5, 0.6) is 0 Å². The van der Waals surface area contributed by atoms with E-state index in [0.717, 1.165) is 40.9 Å². The van der Waals surface area contributed by atoms with Crippen molar-refractivity contribution in [3.63, 3.8) is 0 Å². The van der Waals surface area contributed by atoms with E-state index in [2.05, 4.69) is 18.1 Å². The van der Waals surface area contributed by atoms with Gasteiger partial charge in [0.2, 0.25) is 0 Å². The van der Waals surface area contributed by atoms with Crippen LogP contribution in [0.2, 0.25) is 0 Å². The van der Waals surface area contributed by atoms with Crippen molar-refractivity contribution in [2.24, 2.45) is 0 Å². The second-order valence-electron chi connectivity index (χ2n) is 6.18. The number of hydrogen-bond donors (Lipinski definition) is 0. The number of aryl methyl sites for hydroxylation is 2. The van der Waals surface area contributed by atoms with Crippen LogP contribution in [-0.4, -0.2) is 9.55 Å². The average Bonchev–Trinajstić information content (AvgIpc) is 2.97. The molecule has 1 aliphatic carbocycles. The minimum Gasteiger partial charge on any atom is -0.284 e. The molecule has 120 valence electrons. The zero-order chi connectivity index (χ0) is 16.5. The molecule has 4 rings (SSSR count). The first-order chi connectivity index (χ1) is 11.8. The molecule has 4 heteroatoms. The molecule has 3 nitrogen and oxygen atoms in total. The van der Waals surface area contributed by atoms with Gasteiger partial charge in [-0.25, -0.2) is 4.98 Å². The van der Waals surface area contributed by atoms with Crippen LogP contribution in [-0.2, 0) is 25.8 Å². The highest BCUT2D eigenvalue weighted by molar-refractivity contribution is 7.18. The molecule has 0 unspecified atom stereocenters. The highest BCUT2D eigenvalue weighted by Crippen LogP contribution is 2.33. The lowest BCUT2D eigenvalue weighted by Gasteiger charge is -2.12. The van der Waals surface area contributed by atoms with Gasteiger partial charge >= 0.3 is 0 Å². The van der Waals surface area contributed by atoms with E-state index >= 15 is 0 Å². The van der Waals surface area contributed by atoms with Crippen molar-refractivity contribution >= 4 is 21.6 Å². The molecule has 24 heavy (non-hydrogen) atoms. The number of thiophene rings is 1. The third kappa shape index (κ3) is 2.55. The molecular formula is C20H18N2OS. The highest BCUT2D eigenvalue weighted by atomic mass is 32.1. The van der Waals surface area contributed by atoms with Crippen LogP contribution < -0.4 is 5.56 Å². The van der Waals surface area contributed by atoms with Crippen LogP contribution in [0.15, 0.2) is 35.1 Å². The molecule has 1 aromatic carbocycles. The van der Waals surface area contributed by atoms with E-state index in [-0.39, 0.29) is 12.1 Å². The SMILES string of the molecule is C#CCn1c(Cc2ccccc2)nc2sc3c(c2c1=O)CCCC3. The smallest absolute Gasteiger partial charge is 0.263 e. The number of terminal acetylenes is 1. The summed E-state index contributed by atoms with van der Waals surface area (Å²) in [6, 6.07) is 10.1. The lowest BCUT2D eigenvalue weighted by atomic mass is 9.97. The molecule has 2 heterocycles. The molecule has 0 saturated heterocycles. The van der Waals surface area contributed by atoms with Crippen LogP contribution in [0.25, 0.3) is 10.2 Å². The average molecular weight is 334 g/mol. The topological polar surface area (TPSA) is 34.9 Å². The predicted molar refractivity (Wildman–Crippen MR) is 98.6 cm³/mol. The van der Waals surface area contributed by atoms with Crippen LogP contribution in [0.3, 0.4) is 0 Å². The summed E-state index contributed by atoms with van der Waals surface area (Å²) >= 11 is 1.69. The van der Waals surface area contributed by atoms with Gasteiger partial charge in [-0.05, 0) is 36.8 Å². The molecule has 0 N–H and O–H groups in total. The Balaban J connectivity index is 1.91. The lowest BCUT2D eigenvalue weighted by molar-refractivity contribution is 0.694. The summed E-state index contributed by atoms with van der Waals surface area (Å²) in [5, 5.41) is 0.807. The van der Waals surface area contributed by atoms with E-state index in [0.29, 0.717) is 6.42 Å². The van der Waals surface area contributed by atoms with Crippen molar-refractivity contribution in [3.05, 3.63) is 62.5 Å². The first kappa shape index (κ1) is 15.2. The molecule has 0 aliphatic heterocycles. The molecule has 0 radical (unpaired) electrons. The molecule has 0 amide bonds. The molecular weight excluding hydrogens is 316 g/mol. The molecule has 0 bridgehead atoms. The van der Waals surface area contributed by atoms with Crippen LogP contribution in [0, 0.1) is 12.3 Å². The van der Waals surface area contributed by atoms with E-state index in [4.69, 9.17) is 11.4 Å². The van der Waals surface area contributed by atoms with Gasteiger partial charge in [0.15, 0.2) is 0 Å². The normalized spacial score (nSPS) is 13.6. The van der Waals surface area contributed by atoms with Crippen LogP contribution >= 0.6 is 11.3 Å². The van der Waals surface area contributed by atoms with Crippen molar-refractivity contribution < 1.29 is 0 Å². The summed E-state index contributed by atoms with van der Waals surface area (Å²) in [6.45, 7) is 0.272. The third-order valence-electron chi connectivity index (χ3n) is 4.61. The monoisotopic (exact) mass is 334 g/mol. The summed E-state index contributed by atoms with van der Waals surface area (Å²) in [5.41, 5.74) is 2.38. The maximum atomic E-state index is 13.1. The number of nitrogens with zero attached hydrogens (tertiary/aromatic N) is 2. The molecule has 2 aromatic heterocycles. The van der Waals surface area contributed by atoms with Gasteiger partial charge in [-0.15, -0.1) is 17.8 Å². The van der Waals surface area contributed by atoms with Gasteiger partial charge in [0.05, 0.1) is 11.9 Å². The van der Waals surface area contributed by atoms with Crippen molar-refractivity contribution in [2.75, 3.05) is 0 Å². The van der Waals surface area contributed by atoms with Crippen molar-refractivity contribution in [1.82, 2.24) is 9.55 Å². The Hall–Kier alpha value is -2.38. The Morgan fingerprint density at radius 1 is 1.21 bits per heavy atom. The van der Waals surface area contributed by atoms with E-state index in [1.54, 1.807) is 15.9 Å². The maximum Gasteiger partial charge on any atom is 0.263 e. The maximum absolute atomic E-state index is 13.1. The first-order valence-electron chi connectivity index (χ1n) is 8.29. The van der Waals surface area contributed by atoms with Gasteiger partial charge in [0.1, 0.15) is 10.7 Å². The molecule has 0 spiro atoms. The molecule has 0 atom stereocenters. The quantitative estimate of drug-likeness (QED) is 0.687. The summed E-state index contributed by atoms with van der Waals surface area (Å²) in [5.74, 6) is 3.37. The number of rotatable bonds is 3. The number of hydrogen-bond acceptors (Lipinski definition) is 3. The van der Waals surface area contributed by atoms with Gasteiger partial charge in [-0.2, -0.15) is 0 Å². The zero-order valence-electron chi connectivity index (χ0n) is 13.4. The Bertz CT molecular complexity index is 992. The predicted octanol–water partition coefficient (Wildman–Crippen LogP) is 3.56. The fourth-order valence-corrected chi connectivity index (χ4v) is 4.72. The fraction of sp³-hybridized carbons (Fsp3) is 0.300. The lowest BCUT2D eigenvalue weighted by Crippen LogP contribution is -2.25.